The zero-order valence-corrected chi connectivity index (χ0v) is 14.0. The maximum atomic E-state index is 12.1. The molecule has 1 aromatic carbocycles. The summed E-state index contributed by atoms with van der Waals surface area (Å²) in [6.45, 7) is 2.03. The lowest BCUT2D eigenvalue weighted by atomic mass is 10.2. The monoisotopic (exact) mass is 343 g/mol. The highest BCUT2D eigenvalue weighted by Gasteiger charge is 2.17. The van der Waals surface area contributed by atoms with Gasteiger partial charge < -0.3 is 5.32 Å². The lowest BCUT2D eigenvalue weighted by Gasteiger charge is -2.07. The van der Waals surface area contributed by atoms with E-state index in [0.29, 0.717) is 16.8 Å². The molecule has 24 heavy (non-hydrogen) atoms. The van der Waals surface area contributed by atoms with Crippen LogP contribution in [0.2, 0.25) is 0 Å². The third-order valence-corrected chi connectivity index (χ3v) is 4.71. The molecular weight excluding hydrogens is 326 g/mol. The van der Waals surface area contributed by atoms with Crippen molar-refractivity contribution in [3.05, 3.63) is 65.0 Å². The van der Waals surface area contributed by atoms with Gasteiger partial charge >= 0.3 is 0 Å². The summed E-state index contributed by atoms with van der Waals surface area (Å²) in [5, 5.41) is 11.3. The molecule has 2 rings (SSSR count). The Hall–Kier alpha value is -2.72. The number of aryl methyl sites for hydroxylation is 1. The smallest absolute Gasteiger partial charge is 0.235 e. The Balaban J connectivity index is 1.90. The maximum absolute atomic E-state index is 12.1. The van der Waals surface area contributed by atoms with Gasteiger partial charge in [0.15, 0.2) is 9.84 Å². The van der Waals surface area contributed by atoms with Crippen LogP contribution in [0.25, 0.3) is 0 Å². The quantitative estimate of drug-likeness (QED) is 0.856. The molecule has 0 bridgehead atoms. The van der Waals surface area contributed by atoms with Crippen molar-refractivity contribution in [2.45, 2.75) is 19.2 Å². The van der Waals surface area contributed by atoms with Crippen LogP contribution in [0.15, 0.2) is 42.5 Å². The van der Waals surface area contributed by atoms with Crippen molar-refractivity contribution in [2.24, 2.45) is 0 Å². The topological polar surface area (TPSA) is 99.9 Å². The van der Waals surface area contributed by atoms with Crippen LogP contribution in [0.1, 0.15) is 22.5 Å². The summed E-state index contributed by atoms with van der Waals surface area (Å²) in [5.74, 6) is -1.39. The predicted octanol–water partition coefficient (Wildman–Crippen LogP) is 1.49. The summed E-state index contributed by atoms with van der Waals surface area (Å²) in [4.78, 5) is 16.1. The Bertz CT molecular complexity index is 869. The van der Waals surface area contributed by atoms with Crippen LogP contribution >= 0.6 is 0 Å². The molecule has 0 saturated heterocycles. The van der Waals surface area contributed by atoms with Gasteiger partial charge in [0.2, 0.25) is 5.91 Å². The van der Waals surface area contributed by atoms with E-state index in [1.54, 1.807) is 30.3 Å². The highest BCUT2D eigenvalue weighted by Crippen LogP contribution is 2.08. The molecule has 0 fully saturated rings. The summed E-state index contributed by atoms with van der Waals surface area (Å²) >= 11 is 0. The standard InChI is InChI=1S/C17H17N3O3S/c1-13-3-2-4-16(20-13)10-19-17(21)12-24(22,23)11-15-7-5-14(9-18)6-8-15/h2-8H,10-12H2,1H3,(H,19,21). The van der Waals surface area contributed by atoms with Gasteiger partial charge in [-0.15, -0.1) is 0 Å². The van der Waals surface area contributed by atoms with Gasteiger partial charge in [-0.3, -0.25) is 9.78 Å². The molecule has 0 atom stereocenters. The number of hydrogen-bond acceptors (Lipinski definition) is 5. The SMILES string of the molecule is Cc1cccc(CNC(=O)CS(=O)(=O)Cc2ccc(C#N)cc2)n1. The van der Waals surface area contributed by atoms with Crippen molar-refractivity contribution in [3.63, 3.8) is 0 Å². The first-order valence-corrected chi connectivity index (χ1v) is 9.09. The van der Waals surface area contributed by atoms with E-state index in [0.717, 1.165) is 5.69 Å². The normalized spacial score (nSPS) is 10.8. The molecule has 1 aromatic heterocycles. The molecule has 0 aliphatic carbocycles. The van der Waals surface area contributed by atoms with Crippen LogP contribution in [0, 0.1) is 18.3 Å². The highest BCUT2D eigenvalue weighted by atomic mass is 32.2. The maximum Gasteiger partial charge on any atom is 0.235 e. The number of carbonyl (C=O) groups is 1. The molecule has 0 unspecified atom stereocenters. The van der Waals surface area contributed by atoms with Gasteiger partial charge in [0.1, 0.15) is 5.75 Å². The number of rotatable bonds is 6. The zero-order chi connectivity index (χ0) is 17.6. The van der Waals surface area contributed by atoms with Crippen molar-refractivity contribution in [1.82, 2.24) is 10.3 Å². The number of nitrogens with one attached hydrogen (secondary N) is 1. The summed E-state index contributed by atoms with van der Waals surface area (Å²) in [6.07, 6.45) is 0. The first-order chi connectivity index (χ1) is 11.4. The number of aromatic nitrogens is 1. The number of hydrogen-bond donors (Lipinski definition) is 1. The van der Waals surface area contributed by atoms with Crippen LogP contribution < -0.4 is 5.32 Å². The molecule has 2 aromatic rings. The molecule has 6 nitrogen and oxygen atoms in total. The number of sulfone groups is 1. The number of nitriles is 1. The zero-order valence-electron chi connectivity index (χ0n) is 13.2. The fraction of sp³-hybridized carbons (Fsp3) is 0.235. The first-order valence-electron chi connectivity index (χ1n) is 7.27. The van der Waals surface area contributed by atoms with Gasteiger partial charge in [0, 0.05) is 5.69 Å². The van der Waals surface area contributed by atoms with Crippen molar-refractivity contribution in [2.75, 3.05) is 5.75 Å². The minimum absolute atomic E-state index is 0.187. The van der Waals surface area contributed by atoms with Crippen LogP contribution in [0.5, 0.6) is 0 Å². The second kappa shape index (κ2) is 7.70. The van der Waals surface area contributed by atoms with Gasteiger partial charge in [-0.1, -0.05) is 18.2 Å². The number of carbonyl (C=O) groups excluding carboxylic acids is 1. The van der Waals surface area contributed by atoms with Gasteiger partial charge in [-0.05, 0) is 36.8 Å². The predicted molar refractivity (Wildman–Crippen MR) is 89.5 cm³/mol. The summed E-state index contributed by atoms with van der Waals surface area (Å²) in [7, 11) is -3.58. The van der Waals surface area contributed by atoms with E-state index in [4.69, 9.17) is 5.26 Å². The fourth-order valence-electron chi connectivity index (χ4n) is 2.12. The van der Waals surface area contributed by atoms with E-state index in [-0.39, 0.29) is 12.3 Å². The minimum Gasteiger partial charge on any atom is -0.350 e. The largest absolute Gasteiger partial charge is 0.350 e. The third kappa shape index (κ3) is 5.48. The molecule has 0 radical (unpaired) electrons. The second-order valence-electron chi connectivity index (χ2n) is 5.39. The molecule has 0 aliphatic rings. The first kappa shape index (κ1) is 17.6. The summed E-state index contributed by atoms with van der Waals surface area (Å²) in [6, 6.07) is 13.6. The number of nitrogens with zero attached hydrogens (tertiary/aromatic N) is 2. The van der Waals surface area contributed by atoms with Gasteiger partial charge in [0.05, 0.1) is 29.6 Å². The number of pyridine rings is 1. The molecule has 7 heteroatoms. The Labute approximate surface area is 141 Å². The van der Waals surface area contributed by atoms with Crippen LogP contribution in [-0.4, -0.2) is 25.1 Å². The molecule has 1 heterocycles. The molecule has 0 spiro atoms. The van der Waals surface area contributed by atoms with Crippen molar-refractivity contribution >= 4 is 15.7 Å². The van der Waals surface area contributed by atoms with E-state index < -0.39 is 21.5 Å². The Morgan fingerprint density at radius 2 is 1.92 bits per heavy atom. The van der Waals surface area contributed by atoms with E-state index in [1.807, 2.05) is 25.1 Å². The fourth-order valence-corrected chi connectivity index (χ4v) is 3.42. The minimum atomic E-state index is -3.58. The lowest BCUT2D eigenvalue weighted by Crippen LogP contribution is -2.30. The third-order valence-electron chi connectivity index (χ3n) is 3.23. The lowest BCUT2D eigenvalue weighted by molar-refractivity contribution is -0.118. The van der Waals surface area contributed by atoms with Crippen LogP contribution in [-0.2, 0) is 26.9 Å². The van der Waals surface area contributed by atoms with Gasteiger partial charge in [-0.25, -0.2) is 8.42 Å². The summed E-state index contributed by atoms with van der Waals surface area (Å²) in [5.41, 5.74) is 2.50. The Kier molecular flexibility index (Phi) is 5.66. The number of amides is 1. The van der Waals surface area contributed by atoms with Crippen molar-refractivity contribution in [3.8, 4) is 6.07 Å². The van der Waals surface area contributed by atoms with Crippen LogP contribution in [0.3, 0.4) is 0 Å². The molecule has 1 N–H and O–H groups in total. The highest BCUT2D eigenvalue weighted by molar-refractivity contribution is 7.91. The number of benzene rings is 1. The average molecular weight is 343 g/mol. The summed E-state index contributed by atoms with van der Waals surface area (Å²) < 4.78 is 24.2. The van der Waals surface area contributed by atoms with Gasteiger partial charge in [-0.2, -0.15) is 5.26 Å². The van der Waals surface area contributed by atoms with Gasteiger partial charge in [0.25, 0.3) is 0 Å². The molecule has 1 amide bonds. The van der Waals surface area contributed by atoms with E-state index in [2.05, 4.69) is 10.3 Å². The Morgan fingerprint density at radius 1 is 1.21 bits per heavy atom. The second-order valence-corrected chi connectivity index (χ2v) is 7.45. The average Bonchev–Trinajstić information content (AvgIpc) is 2.53. The van der Waals surface area contributed by atoms with E-state index in [9.17, 15) is 13.2 Å². The molecule has 0 aliphatic heterocycles. The molecular formula is C17H17N3O3S. The van der Waals surface area contributed by atoms with Crippen molar-refractivity contribution < 1.29 is 13.2 Å². The molecule has 0 saturated carbocycles. The Morgan fingerprint density at radius 3 is 2.54 bits per heavy atom. The van der Waals surface area contributed by atoms with E-state index in [1.165, 1.54) is 0 Å². The molecule has 124 valence electrons. The van der Waals surface area contributed by atoms with Crippen LogP contribution in [0.4, 0.5) is 0 Å². The van der Waals surface area contributed by atoms with Crippen molar-refractivity contribution in [1.29, 1.82) is 5.26 Å². The van der Waals surface area contributed by atoms with E-state index >= 15 is 0 Å².